The zero-order chi connectivity index (χ0) is 17.4. The molecule has 9 heteroatoms. The van der Waals surface area contributed by atoms with Gasteiger partial charge in [-0.2, -0.15) is 5.10 Å². The number of hydrogen-bond donors (Lipinski definition) is 1. The highest BCUT2D eigenvalue weighted by molar-refractivity contribution is 5.94. The van der Waals surface area contributed by atoms with Crippen LogP contribution in [0.5, 0.6) is 0 Å². The predicted octanol–water partition coefficient (Wildman–Crippen LogP) is 1.18. The van der Waals surface area contributed by atoms with E-state index in [1.165, 1.54) is 0 Å². The number of rotatable bonds is 3. The van der Waals surface area contributed by atoms with Crippen LogP contribution in [0.1, 0.15) is 47.9 Å². The maximum Gasteiger partial charge on any atom is 0.255 e. The second-order valence-corrected chi connectivity index (χ2v) is 6.36. The molecule has 0 bridgehead atoms. The number of H-pyrrole nitrogens is 1. The van der Waals surface area contributed by atoms with Gasteiger partial charge in [-0.1, -0.05) is 13.8 Å². The number of fused-ring (bicyclic) bond motifs is 1. The Bertz CT molecular complexity index is 901. The fourth-order valence-corrected chi connectivity index (χ4v) is 2.83. The Morgan fingerprint density at radius 1 is 1.40 bits per heavy atom. The summed E-state index contributed by atoms with van der Waals surface area (Å²) < 4.78 is 7.51. The topological polar surface area (TPSA) is 101 Å². The van der Waals surface area contributed by atoms with Crippen molar-refractivity contribution in [3.63, 3.8) is 0 Å². The highest BCUT2D eigenvalue weighted by Crippen LogP contribution is 2.22. The summed E-state index contributed by atoms with van der Waals surface area (Å²) in [7, 11) is 0. The Balaban J connectivity index is 1.52. The lowest BCUT2D eigenvalue weighted by molar-refractivity contribution is -0.0267. The maximum absolute atomic E-state index is 12.8. The smallest absolute Gasteiger partial charge is 0.255 e. The molecule has 1 N–H and O–H groups in total. The molecule has 9 nitrogen and oxygen atoms in total. The van der Waals surface area contributed by atoms with E-state index in [2.05, 4.69) is 25.4 Å². The van der Waals surface area contributed by atoms with Crippen LogP contribution in [-0.4, -0.2) is 60.3 Å². The van der Waals surface area contributed by atoms with Crippen molar-refractivity contribution >= 4 is 11.6 Å². The number of pyridine rings is 1. The number of aromatic amines is 1. The van der Waals surface area contributed by atoms with Crippen LogP contribution in [0.4, 0.5) is 0 Å². The first-order valence-electron chi connectivity index (χ1n) is 8.24. The second kappa shape index (κ2) is 6.25. The first kappa shape index (κ1) is 15.7. The summed E-state index contributed by atoms with van der Waals surface area (Å²) >= 11 is 0. The van der Waals surface area contributed by atoms with Gasteiger partial charge >= 0.3 is 0 Å². The fourth-order valence-electron chi connectivity index (χ4n) is 2.83. The van der Waals surface area contributed by atoms with E-state index >= 15 is 0 Å². The van der Waals surface area contributed by atoms with Crippen molar-refractivity contribution in [3.05, 3.63) is 41.9 Å². The molecule has 3 aromatic rings. The van der Waals surface area contributed by atoms with E-state index in [4.69, 9.17) is 4.74 Å². The average molecular weight is 341 g/mol. The molecule has 0 saturated carbocycles. The molecular formula is C16H19N7O2. The second-order valence-electron chi connectivity index (χ2n) is 6.36. The lowest BCUT2D eigenvalue weighted by atomic mass is 10.2. The van der Waals surface area contributed by atoms with Crippen molar-refractivity contribution in [1.82, 2.24) is 34.7 Å². The van der Waals surface area contributed by atoms with Crippen molar-refractivity contribution in [2.45, 2.75) is 25.9 Å². The molecule has 1 aliphatic rings. The molecule has 1 fully saturated rings. The monoisotopic (exact) mass is 341 g/mol. The van der Waals surface area contributed by atoms with Crippen LogP contribution in [0.3, 0.4) is 0 Å². The molecule has 0 radical (unpaired) electrons. The van der Waals surface area contributed by atoms with Crippen LogP contribution in [0.15, 0.2) is 24.7 Å². The van der Waals surface area contributed by atoms with Crippen molar-refractivity contribution < 1.29 is 9.53 Å². The Kier molecular flexibility index (Phi) is 3.92. The lowest BCUT2D eigenvalue weighted by Gasteiger charge is -2.31. The number of hydrogen-bond acceptors (Lipinski definition) is 6. The molecule has 1 saturated heterocycles. The molecule has 4 heterocycles. The first-order chi connectivity index (χ1) is 12.1. The van der Waals surface area contributed by atoms with Gasteiger partial charge in [0.25, 0.3) is 5.91 Å². The number of carbonyl (C=O) groups excluding carboxylic acids is 1. The third-order valence-corrected chi connectivity index (χ3v) is 4.23. The molecule has 0 aliphatic carbocycles. The fraction of sp³-hybridized carbons (Fsp3) is 0.438. The summed E-state index contributed by atoms with van der Waals surface area (Å²) in [5.74, 6) is 1.60. The zero-order valence-electron chi connectivity index (χ0n) is 14.1. The Morgan fingerprint density at radius 3 is 3.08 bits per heavy atom. The molecular weight excluding hydrogens is 322 g/mol. The van der Waals surface area contributed by atoms with Crippen molar-refractivity contribution in [1.29, 1.82) is 0 Å². The summed E-state index contributed by atoms with van der Waals surface area (Å²) in [6.45, 7) is 5.51. The first-order valence-corrected chi connectivity index (χ1v) is 8.24. The zero-order valence-corrected chi connectivity index (χ0v) is 14.1. The van der Waals surface area contributed by atoms with Gasteiger partial charge in [0.15, 0.2) is 17.3 Å². The molecule has 25 heavy (non-hydrogen) atoms. The Morgan fingerprint density at radius 2 is 2.28 bits per heavy atom. The summed E-state index contributed by atoms with van der Waals surface area (Å²) in [5.41, 5.74) is 1.30. The van der Waals surface area contributed by atoms with E-state index in [1.54, 1.807) is 34.0 Å². The lowest BCUT2D eigenvalue weighted by Crippen LogP contribution is -2.42. The summed E-state index contributed by atoms with van der Waals surface area (Å²) in [6.07, 6.45) is 3.03. The van der Waals surface area contributed by atoms with Gasteiger partial charge in [-0.25, -0.2) is 4.98 Å². The standard InChI is InChI=1S/C16H19N7O2/c1-10(2)14-18-15(21-20-14)12-8-22(5-6-25-12)16(24)11-3-4-13-19-17-9-23(13)7-11/h3-4,7,9-10,12H,5-6,8H2,1-2H3,(H,18,20,21). The molecule has 0 aromatic carbocycles. The number of carbonyl (C=O) groups is 1. The van der Waals surface area contributed by atoms with E-state index in [-0.39, 0.29) is 17.9 Å². The Hall–Kier alpha value is -2.81. The number of ether oxygens (including phenoxy) is 1. The number of nitrogens with zero attached hydrogens (tertiary/aromatic N) is 6. The average Bonchev–Trinajstić information content (AvgIpc) is 3.30. The largest absolute Gasteiger partial charge is 0.367 e. The summed E-state index contributed by atoms with van der Waals surface area (Å²) in [6, 6.07) is 3.55. The van der Waals surface area contributed by atoms with Gasteiger partial charge in [-0.3, -0.25) is 14.3 Å². The van der Waals surface area contributed by atoms with E-state index in [0.29, 0.717) is 36.7 Å². The molecule has 3 aromatic heterocycles. The van der Waals surface area contributed by atoms with Gasteiger partial charge in [0.1, 0.15) is 12.4 Å². The van der Waals surface area contributed by atoms with Gasteiger partial charge in [-0.05, 0) is 12.1 Å². The van der Waals surface area contributed by atoms with Gasteiger partial charge in [0, 0.05) is 18.7 Å². The number of amides is 1. The summed E-state index contributed by atoms with van der Waals surface area (Å²) in [4.78, 5) is 19.1. The van der Waals surface area contributed by atoms with Crippen molar-refractivity contribution in [2.24, 2.45) is 0 Å². The minimum absolute atomic E-state index is 0.0486. The Labute approximate surface area is 144 Å². The predicted molar refractivity (Wildman–Crippen MR) is 88.1 cm³/mol. The molecule has 4 rings (SSSR count). The third-order valence-electron chi connectivity index (χ3n) is 4.23. The van der Waals surface area contributed by atoms with Gasteiger partial charge in [0.2, 0.25) is 0 Å². The van der Waals surface area contributed by atoms with Crippen LogP contribution in [0, 0.1) is 0 Å². The molecule has 130 valence electrons. The van der Waals surface area contributed by atoms with Gasteiger partial charge in [0.05, 0.1) is 18.7 Å². The van der Waals surface area contributed by atoms with Crippen LogP contribution in [-0.2, 0) is 4.74 Å². The number of morpholine rings is 1. The highest BCUT2D eigenvalue weighted by atomic mass is 16.5. The van der Waals surface area contributed by atoms with Crippen LogP contribution < -0.4 is 0 Å². The molecule has 0 spiro atoms. The number of aromatic nitrogens is 6. The molecule has 1 amide bonds. The van der Waals surface area contributed by atoms with E-state index in [9.17, 15) is 4.79 Å². The maximum atomic E-state index is 12.8. The molecule has 1 aliphatic heterocycles. The van der Waals surface area contributed by atoms with E-state index in [0.717, 1.165) is 5.82 Å². The highest BCUT2D eigenvalue weighted by Gasteiger charge is 2.28. The minimum atomic E-state index is -0.295. The minimum Gasteiger partial charge on any atom is -0.367 e. The van der Waals surface area contributed by atoms with Crippen molar-refractivity contribution in [3.8, 4) is 0 Å². The van der Waals surface area contributed by atoms with E-state index < -0.39 is 0 Å². The quantitative estimate of drug-likeness (QED) is 0.768. The van der Waals surface area contributed by atoms with Gasteiger partial charge < -0.3 is 9.64 Å². The summed E-state index contributed by atoms with van der Waals surface area (Å²) in [5, 5.41) is 14.9. The van der Waals surface area contributed by atoms with E-state index in [1.807, 2.05) is 13.8 Å². The van der Waals surface area contributed by atoms with Crippen LogP contribution >= 0.6 is 0 Å². The third kappa shape index (κ3) is 2.98. The normalized spacial score (nSPS) is 18.2. The van der Waals surface area contributed by atoms with Crippen LogP contribution in [0.25, 0.3) is 5.65 Å². The molecule has 1 unspecified atom stereocenters. The molecule has 1 atom stereocenters. The van der Waals surface area contributed by atoms with Crippen molar-refractivity contribution in [2.75, 3.05) is 19.7 Å². The SMILES string of the molecule is CC(C)c1n[nH]c(C2CN(C(=O)c3ccc4nncn4c3)CCO2)n1. The van der Waals surface area contributed by atoms with Crippen LogP contribution in [0.2, 0.25) is 0 Å². The number of nitrogens with one attached hydrogen (secondary N) is 1. The van der Waals surface area contributed by atoms with Gasteiger partial charge in [-0.15, -0.1) is 10.2 Å².